The molecule has 0 heterocycles. The lowest BCUT2D eigenvalue weighted by atomic mass is 10.0. The van der Waals surface area contributed by atoms with E-state index in [9.17, 15) is 13.2 Å². The third-order valence-electron chi connectivity index (χ3n) is 3.71. The van der Waals surface area contributed by atoms with Gasteiger partial charge in [-0.1, -0.05) is 0 Å². The van der Waals surface area contributed by atoms with Gasteiger partial charge in [-0.25, -0.2) is 17.9 Å². The molecule has 0 bridgehead atoms. The Hall–Kier alpha value is -0.960. The average molecular weight is 378 g/mol. The van der Waals surface area contributed by atoms with Crippen LogP contribution in [-0.4, -0.2) is 37.8 Å². The van der Waals surface area contributed by atoms with Crippen LogP contribution in [0.15, 0.2) is 27.6 Å². The van der Waals surface area contributed by atoms with Crippen molar-refractivity contribution in [1.82, 2.24) is 4.72 Å². The number of carboxylic acids is 1. The summed E-state index contributed by atoms with van der Waals surface area (Å²) in [5.41, 5.74) is -0.248. The van der Waals surface area contributed by atoms with Gasteiger partial charge in [0.2, 0.25) is 10.0 Å². The van der Waals surface area contributed by atoms with E-state index < -0.39 is 16.0 Å². The Labute approximate surface area is 131 Å². The zero-order valence-corrected chi connectivity index (χ0v) is 13.6. The number of halogens is 1. The molecule has 116 valence electrons. The highest BCUT2D eigenvalue weighted by Gasteiger charge is 2.42. The molecular weight excluding hydrogens is 362 g/mol. The maximum absolute atomic E-state index is 12.2. The summed E-state index contributed by atoms with van der Waals surface area (Å²) in [7, 11) is -3.76. The van der Waals surface area contributed by atoms with E-state index in [1.54, 1.807) is 0 Å². The summed E-state index contributed by atoms with van der Waals surface area (Å²) < 4.78 is 27.3. The molecule has 0 amide bonds. The Morgan fingerprint density at radius 3 is 2.57 bits per heavy atom. The average Bonchev–Trinajstić information content (AvgIpc) is 3.17. The molecular formula is C13H16BrNO5S. The number of hydrogen-bond acceptors (Lipinski definition) is 4. The van der Waals surface area contributed by atoms with Crippen LogP contribution >= 0.6 is 15.9 Å². The zero-order valence-electron chi connectivity index (χ0n) is 11.2. The van der Waals surface area contributed by atoms with Crippen molar-refractivity contribution in [2.45, 2.75) is 24.2 Å². The molecule has 0 radical (unpaired) electrons. The standard InChI is InChI=1S/C13H16BrNO5S/c14-11-2-1-9(7-10(11)12(17)18)21(19,20)15-8-13(3-4-13)5-6-16/h1-2,7,15-16H,3-6,8H2,(H,17,18). The van der Waals surface area contributed by atoms with E-state index in [-0.39, 0.29) is 29.0 Å². The summed E-state index contributed by atoms with van der Waals surface area (Å²) >= 11 is 3.08. The molecule has 0 atom stereocenters. The van der Waals surface area contributed by atoms with Gasteiger partial charge < -0.3 is 10.2 Å². The summed E-state index contributed by atoms with van der Waals surface area (Å²) in [5.74, 6) is -1.20. The summed E-state index contributed by atoms with van der Waals surface area (Å²) in [6.07, 6.45) is 2.34. The lowest BCUT2D eigenvalue weighted by Gasteiger charge is -2.15. The Bertz CT molecular complexity index is 655. The molecule has 1 aromatic carbocycles. The van der Waals surface area contributed by atoms with Crippen LogP contribution in [0.25, 0.3) is 0 Å². The molecule has 0 spiro atoms. The van der Waals surface area contributed by atoms with E-state index >= 15 is 0 Å². The molecule has 0 unspecified atom stereocenters. The molecule has 21 heavy (non-hydrogen) atoms. The van der Waals surface area contributed by atoms with Gasteiger partial charge in [-0.2, -0.15) is 0 Å². The van der Waals surface area contributed by atoms with E-state index in [1.807, 2.05) is 0 Å². The largest absolute Gasteiger partial charge is 0.478 e. The summed E-state index contributed by atoms with van der Waals surface area (Å²) in [6, 6.07) is 3.88. The monoisotopic (exact) mass is 377 g/mol. The van der Waals surface area contributed by atoms with Crippen molar-refractivity contribution in [3.05, 3.63) is 28.2 Å². The first-order valence-electron chi connectivity index (χ1n) is 6.43. The molecule has 0 aliphatic heterocycles. The molecule has 1 saturated carbocycles. The molecule has 1 aromatic rings. The summed E-state index contributed by atoms with van der Waals surface area (Å²) in [6.45, 7) is 0.289. The quantitative estimate of drug-likeness (QED) is 0.669. The van der Waals surface area contributed by atoms with Gasteiger partial charge >= 0.3 is 5.97 Å². The van der Waals surface area contributed by atoms with Gasteiger partial charge in [0.05, 0.1) is 10.5 Å². The van der Waals surface area contributed by atoms with Crippen molar-refractivity contribution in [3.8, 4) is 0 Å². The number of aliphatic hydroxyl groups is 1. The number of sulfonamides is 1. The van der Waals surface area contributed by atoms with Crippen molar-refractivity contribution in [2.75, 3.05) is 13.2 Å². The normalized spacial score (nSPS) is 16.7. The maximum atomic E-state index is 12.2. The van der Waals surface area contributed by atoms with Crippen LogP contribution in [0.2, 0.25) is 0 Å². The number of rotatable bonds is 7. The summed E-state index contributed by atoms with van der Waals surface area (Å²) in [4.78, 5) is 11.0. The third-order valence-corrected chi connectivity index (χ3v) is 5.81. The second-order valence-corrected chi connectivity index (χ2v) is 7.87. The van der Waals surface area contributed by atoms with Crippen LogP contribution in [0.1, 0.15) is 29.6 Å². The molecule has 1 aliphatic carbocycles. The number of hydrogen-bond donors (Lipinski definition) is 3. The SMILES string of the molecule is O=C(O)c1cc(S(=O)(=O)NCC2(CCO)CC2)ccc1Br. The Morgan fingerprint density at radius 2 is 2.05 bits per heavy atom. The lowest BCUT2D eigenvalue weighted by molar-refractivity contribution is 0.0695. The highest BCUT2D eigenvalue weighted by Crippen LogP contribution is 2.48. The molecule has 0 saturated heterocycles. The molecule has 2 rings (SSSR count). The minimum atomic E-state index is -3.76. The van der Waals surface area contributed by atoms with Crippen molar-refractivity contribution >= 4 is 31.9 Å². The highest BCUT2D eigenvalue weighted by atomic mass is 79.9. The predicted molar refractivity (Wildman–Crippen MR) is 79.7 cm³/mol. The molecule has 0 aromatic heterocycles. The number of carbonyl (C=O) groups is 1. The number of nitrogens with one attached hydrogen (secondary N) is 1. The number of aliphatic hydroxyl groups excluding tert-OH is 1. The van der Waals surface area contributed by atoms with Crippen LogP contribution < -0.4 is 4.72 Å². The fourth-order valence-electron chi connectivity index (χ4n) is 2.10. The summed E-state index contributed by atoms with van der Waals surface area (Å²) in [5, 5.41) is 18.0. The Kier molecular flexibility index (Phi) is 4.72. The van der Waals surface area contributed by atoms with Gasteiger partial charge in [0, 0.05) is 17.6 Å². The van der Waals surface area contributed by atoms with Crippen molar-refractivity contribution in [1.29, 1.82) is 0 Å². The molecule has 3 N–H and O–H groups in total. The van der Waals surface area contributed by atoms with Gasteiger partial charge in [-0.05, 0) is 58.8 Å². The van der Waals surface area contributed by atoms with Crippen molar-refractivity contribution in [2.24, 2.45) is 5.41 Å². The molecule has 6 nitrogen and oxygen atoms in total. The van der Waals surface area contributed by atoms with E-state index in [0.29, 0.717) is 10.9 Å². The highest BCUT2D eigenvalue weighted by molar-refractivity contribution is 9.10. The first kappa shape index (κ1) is 16.4. The topological polar surface area (TPSA) is 104 Å². The first-order valence-corrected chi connectivity index (χ1v) is 8.71. The van der Waals surface area contributed by atoms with Crippen molar-refractivity contribution in [3.63, 3.8) is 0 Å². The lowest BCUT2D eigenvalue weighted by Crippen LogP contribution is -2.31. The maximum Gasteiger partial charge on any atom is 0.336 e. The molecule has 1 aliphatic rings. The number of carboxylic acid groups (broad SMARTS) is 1. The van der Waals surface area contributed by atoms with E-state index in [1.165, 1.54) is 12.1 Å². The second kappa shape index (κ2) is 6.04. The van der Waals surface area contributed by atoms with Gasteiger partial charge in [-0.15, -0.1) is 0 Å². The van der Waals surface area contributed by atoms with E-state index in [4.69, 9.17) is 10.2 Å². The number of benzene rings is 1. The smallest absolute Gasteiger partial charge is 0.336 e. The van der Waals surface area contributed by atoms with Gasteiger partial charge in [0.1, 0.15) is 0 Å². The molecule has 1 fully saturated rings. The molecule has 8 heteroatoms. The van der Waals surface area contributed by atoms with Gasteiger partial charge in [0.25, 0.3) is 0 Å². The van der Waals surface area contributed by atoms with Crippen LogP contribution in [-0.2, 0) is 10.0 Å². The van der Waals surface area contributed by atoms with E-state index in [2.05, 4.69) is 20.7 Å². The second-order valence-electron chi connectivity index (χ2n) is 5.24. The Morgan fingerprint density at radius 1 is 1.38 bits per heavy atom. The minimum absolute atomic E-state index is 0.0309. The first-order chi connectivity index (χ1) is 9.80. The van der Waals surface area contributed by atoms with Crippen LogP contribution in [0.3, 0.4) is 0 Å². The van der Waals surface area contributed by atoms with Crippen LogP contribution in [0, 0.1) is 5.41 Å². The van der Waals surface area contributed by atoms with Crippen molar-refractivity contribution < 1.29 is 23.4 Å². The van der Waals surface area contributed by atoms with Crippen LogP contribution in [0.5, 0.6) is 0 Å². The predicted octanol–water partition coefficient (Wildman–Crippen LogP) is 1.59. The zero-order chi connectivity index (χ0) is 15.7. The van der Waals surface area contributed by atoms with Gasteiger partial charge in [0.15, 0.2) is 0 Å². The fourth-order valence-corrected chi connectivity index (χ4v) is 3.70. The van der Waals surface area contributed by atoms with Gasteiger partial charge in [-0.3, -0.25) is 0 Å². The fraction of sp³-hybridized carbons (Fsp3) is 0.462. The Balaban J connectivity index is 2.16. The minimum Gasteiger partial charge on any atom is -0.478 e. The number of aromatic carboxylic acids is 1. The van der Waals surface area contributed by atoms with E-state index in [0.717, 1.165) is 18.9 Å². The van der Waals surface area contributed by atoms with Crippen LogP contribution in [0.4, 0.5) is 0 Å². The third kappa shape index (κ3) is 3.82.